The molecule has 0 aliphatic heterocycles. The number of amides is 1. The molecule has 1 rings (SSSR count). The van der Waals surface area contributed by atoms with Crippen molar-refractivity contribution in [2.75, 3.05) is 26.0 Å². The summed E-state index contributed by atoms with van der Waals surface area (Å²) in [6.45, 7) is 1.21. The van der Waals surface area contributed by atoms with Crippen LogP contribution in [-0.2, 0) is 19.4 Å². The highest BCUT2D eigenvalue weighted by Crippen LogP contribution is 2.10. The second kappa shape index (κ2) is 8.71. The van der Waals surface area contributed by atoms with E-state index in [1.165, 1.54) is 12.1 Å². The van der Waals surface area contributed by atoms with Gasteiger partial charge in [0.2, 0.25) is 5.91 Å². The van der Waals surface area contributed by atoms with Crippen LogP contribution in [0.5, 0.6) is 0 Å². The van der Waals surface area contributed by atoms with Crippen LogP contribution >= 0.6 is 0 Å². The maximum Gasteiger partial charge on any atom is 0.221 e. The molecule has 0 aromatic heterocycles. The molecule has 20 heavy (non-hydrogen) atoms. The van der Waals surface area contributed by atoms with Gasteiger partial charge in [0.25, 0.3) is 0 Å². The molecule has 1 aromatic rings. The third kappa shape index (κ3) is 6.16. The van der Waals surface area contributed by atoms with Gasteiger partial charge in [-0.05, 0) is 25.0 Å². The number of ether oxygens (including phenoxy) is 1. The molecular weight excluding hydrogens is 278 g/mol. The number of nitrogens with one attached hydrogen (secondary N) is 1. The highest BCUT2D eigenvalue weighted by Gasteiger charge is 2.15. The number of methoxy groups -OCH3 is 1. The summed E-state index contributed by atoms with van der Waals surface area (Å²) in [6, 6.07) is 8.17. The lowest BCUT2D eigenvalue weighted by Crippen LogP contribution is -2.26. The van der Waals surface area contributed by atoms with Crippen molar-refractivity contribution in [1.82, 2.24) is 5.32 Å². The summed E-state index contributed by atoms with van der Waals surface area (Å²) in [5, 5.41) is 2.71. The average Bonchev–Trinajstić information content (AvgIpc) is 2.46. The second-order valence-electron chi connectivity index (χ2n) is 4.43. The molecule has 5 nitrogen and oxygen atoms in total. The van der Waals surface area contributed by atoms with Crippen LogP contribution < -0.4 is 5.32 Å². The maximum atomic E-state index is 12.0. The van der Waals surface area contributed by atoms with Crippen LogP contribution in [0.25, 0.3) is 0 Å². The number of hydrogen-bond donors (Lipinski definition) is 1. The summed E-state index contributed by atoms with van der Waals surface area (Å²) in [7, 11) is -1.74. The largest absolute Gasteiger partial charge is 0.385 e. The zero-order valence-corrected chi connectivity index (χ0v) is 12.5. The fraction of sp³-hybridized carbons (Fsp3) is 0.500. The monoisotopic (exact) mass is 299 g/mol. The van der Waals surface area contributed by atoms with E-state index in [2.05, 4.69) is 5.32 Å². The Kier molecular flexibility index (Phi) is 7.25. The number of unbranched alkanes of at least 4 members (excludes halogenated alkanes) is 1. The van der Waals surface area contributed by atoms with Crippen molar-refractivity contribution < 1.29 is 17.9 Å². The van der Waals surface area contributed by atoms with E-state index in [0.717, 1.165) is 12.8 Å². The molecule has 0 heterocycles. The summed E-state index contributed by atoms with van der Waals surface area (Å²) in [4.78, 5) is 11.8. The van der Waals surface area contributed by atoms with Crippen molar-refractivity contribution in [2.45, 2.75) is 24.2 Å². The molecule has 0 radical (unpaired) electrons. The average molecular weight is 299 g/mol. The number of carbonyl (C=O) groups excluding carboxylic acids is 1. The van der Waals surface area contributed by atoms with Crippen LogP contribution in [0.15, 0.2) is 35.2 Å². The van der Waals surface area contributed by atoms with Gasteiger partial charge >= 0.3 is 0 Å². The molecule has 112 valence electrons. The Labute approximate surface area is 120 Å². The summed E-state index contributed by atoms with van der Waals surface area (Å²) in [6.07, 6.45) is 1.69. The minimum atomic E-state index is -3.38. The van der Waals surface area contributed by atoms with Crippen LogP contribution in [0, 0.1) is 0 Å². The molecule has 0 spiro atoms. The summed E-state index contributed by atoms with van der Waals surface area (Å²) in [5.41, 5.74) is 0. The molecule has 0 fully saturated rings. The number of sulfone groups is 1. The molecule has 0 aliphatic carbocycles. The lowest BCUT2D eigenvalue weighted by atomic mass is 10.3. The van der Waals surface area contributed by atoms with E-state index in [4.69, 9.17) is 4.74 Å². The van der Waals surface area contributed by atoms with Crippen molar-refractivity contribution >= 4 is 15.7 Å². The van der Waals surface area contributed by atoms with Gasteiger partial charge in [-0.1, -0.05) is 18.2 Å². The fourth-order valence-electron chi connectivity index (χ4n) is 1.66. The third-order valence-corrected chi connectivity index (χ3v) is 4.53. The van der Waals surface area contributed by atoms with Crippen molar-refractivity contribution in [3.05, 3.63) is 30.3 Å². The van der Waals surface area contributed by atoms with Gasteiger partial charge in [-0.15, -0.1) is 0 Å². The Morgan fingerprint density at radius 1 is 1.20 bits per heavy atom. The normalized spacial score (nSPS) is 11.2. The molecule has 0 saturated carbocycles. The molecule has 0 unspecified atom stereocenters. The van der Waals surface area contributed by atoms with Gasteiger partial charge in [-0.3, -0.25) is 4.79 Å². The van der Waals surface area contributed by atoms with E-state index >= 15 is 0 Å². The summed E-state index contributed by atoms with van der Waals surface area (Å²) < 4.78 is 28.8. The summed E-state index contributed by atoms with van der Waals surface area (Å²) >= 11 is 0. The van der Waals surface area contributed by atoms with Crippen molar-refractivity contribution in [3.8, 4) is 0 Å². The molecule has 0 saturated heterocycles. The van der Waals surface area contributed by atoms with E-state index < -0.39 is 9.84 Å². The predicted octanol–water partition coefficient (Wildman–Crippen LogP) is 1.39. The van der Waals surface area contributed by atoms with Crippen molar-refractivity contribution in [3.63, 3.8) is 0 Å². The number of hydrogen-bond acceptors (Lipinski definition) is 4. The Balaban J connectivity index is 2.30. The first-order valence-corrected chi connectivity index (χ1v) is 8.25. The minimum Gasteiger partial charge on any atom is -0.385 e. The molecule has 0 bridgehead atoms. The lowest BCUT2D eigenvalue weighted by molar-refractivity contribution is -0.120. The van der Waals surface area contributed by atoms with Crippen LogP contribution in [0.4, 0.5) is 0 Å². The Hall–Kier alpha value is -1.40. The van der Waals surface area contributed by atoms with Crippen LogP contribution in [0.2, 0.25) is 0 Å². The van der Waals surface area contributed by atoms with Gasteiger partial charge < -0.3 is 10.1 Å². The van der Waals surface area contributed by atoms with Crippen LogP contribution in [0.1, 0.15) is 19.3 Å². The van der Waals surface area contributed by atoms with E-state index in [-0.39, 0.29) is 23.0 Å². The molecule has 1 aromatic carbocycles. The SMILES string of the molecule is COCCCCNC(=O)CCS(=O)(=O)c1ccccc1. The number of benzene rings is 1. The van der Waals surface area contributed by atoms with Gasteiger partial charge in [0.1, 0.15) is 0 Å². The van der Waals surface area contributed by atoms with Crippen molar-refractivity contribution in [2.24, 2.45) is 0 Å². The zero-order chi connectivity index (χ0) is 14.8. The van der Waals surface area contributed by atoms with Gasteiger partial charge in [0, 0.05) is 26.7 Å². The maximum absolute atomic E-state index is 12.0. The van der Waals surface area contributed by atoms with E-state index in [1.54, 1.807) is 25.3 Å². The van der Waals surface area contributed by atoms with Crippen molar-refractivity contribution in [1.29, 1.82) is 0 Å². The van der Waals surface area contributed by atoms with E-state index in [1.807, 2.05) is 0 Å². The van der Waals surface area contributed by atoms with E-state index in [9.17, 15) is 13.2 Å². The zero-order valence-electron chi connectivity index (χ0n) is 11.7. The van der Waals surface area contributed by atoms with Crippen LogP contribution in [0.3, 0.4) is 0 Å². The van der Waals surface area contributed by atoms with Gasteiger partial charge in [-0.2, -0.15) is 0 Å². The molecular formula is C14H21NO4S. The minimum absolute atomic E-state index is 0.0124. The second-order valence-corrected chi connectivity index (χ2v) is 6.54. The fourth-order valence-corrected chi connectivity index (χ4v) is 2.92. The first-order chi connectivity index (χ1) is 9.56. The topological polar surface area (TPSA) is 72.5 Å². The highest BCUT2D eigenvalue weighted by molar-refractivity contribution is 7.91. The first-order valence-electron chi connectivity index (χ1n) is 6.59. The summed E-state index contributed by atoms with van der Waals surface area (Å²) in [5.74, 6) is -0.400. The molecule has 6 heteroatoms. The number of rotatable bonds is 9. The van der Waals surface area contributed by atoms with Crippen LogP contribution in [-0.4, -0.2) is 40.3 Å². The molecule has 1 N–H and O–H groups in total. The third-order valence-electron chi connectivity index (χ3n) is 2.80. The Morgan fingerprint density at radius 3 is 2.55 bits per heavy atom. The van der Waals surface area contributed by atoms with Gasteiger partial charge in [0.05, 0.1) is 10.6 Å². The quantitative estimate of drug-likeness (QED) is 0.699. The Morgan fingerprint density at radius 2 is 1.90 bits per heavy atom. The smallest absolute Gasteiger partial charge is 0.221 e. The predicted molar refractivity (Wildman–Crippen MR) is 77.2 cm³/mol. The molecule has 0 atom stereocenters. The Bertz CT molecular complexity index is 499. The lowest BCUT2D eigenvalue weighted by Gasteiger charge is -2.06. The highest BCUT2D eigenvalue weighted by atomic mass is 32.2. The number of carbonyl (C=O) groups is 1. The molecule has 0 aliphatic rings. The first kappa shape index (κ1) is 16.7. The molecule has 1 amide bonds. The standard InChI is InChI=1S/C14H21NO4S/c1-19-11-6-5-10-15-14(16)9-12-20(17,18)13-7-3-2-4-8-13/h2-4,7-8H,5-6,9-12H2,1H3,(H,15,16). The van der Waals surface area contributed by atoms with Gasteiger partial charge in [0.15, 0.2) is 9.84 Å². The van der Waals surface area contributed by atoms with Gasteiger partial charge in [-0.25, -0.2) is 8.42 Å². The van der Waals surface area contributed by atoms with E-state index in [0.29, 0.717) is 13.2 Å².